The van der Waals surface area contributed by atoms with Crippen molar-refractivity contribution in [1.82, 2.24) is 0 Å². The summed E-state index contributed by atoms with van der Waals surface area (Å²) < 4.78 is 1.13. The highest BCUT2D eigenvalue weighted by atomic mass is 79.9. The molecule has 1 aliphatic rings. The van der Waals surface area contributed by atoms with Gasteiger partial charge in [-0.2, -0.15) is 0 Å². The zero-order valence-electron chi connectivity index (χ0n) is 10.7. The third-order valence-electron chi connectivity index (χ3n) is 3.77. The predicted octanol–water partition coefficient (Wildman–Crippen LogP) is 6.11. The van der Waals surface area contributed by atoms with Crippen molar-refractivity contribution in [2.45, 2.75) is 24.8 Å². The number of anilines is 1. The Morgan fingerprint density at radius 2 is 1.70 bits per heavy atom. The molecule has 1 fully saturated rings. The Kier molecular flexibility index (Phi) is 4.25. The predicted molar refractivity (Wildman–Crippen MR) is 90.0 cm³/mol. The summed E-state index contributed by atoms with van der Waals surface area (Å²) in [5, 5.41) is 4.84. The molecule has 0 atom stereocenters. The van der Waals surface area contributed by atoms with E-state index >= 15 is 0 Å². The zero-order chi connectivity index (χ0) is 14.1. The SMILES string of the molecule is Clc1ccc(NC2CC(c3ccc(Br)cc3)C2)c(Cl)c1. The lowest BCUT2D eigenvalue weighted by Crippen LogP contribution is -2.34. The van der Waals surface area contributed by atoms with E-state index in [1.165, 1.54) is 5.56 Å². The molecule has 2 aromatic rings. The highest BCUT2D eigenvalue weighted by Gasteiger charge is 2.30. The molecule has 3 rings (SSSR count). The minimum atomic E-state index is 0.488. The quantitative estimate of drug-likeness (QED) is 0.686. The average Bonchev–Trinajstić information content (AvgIpc) is 2.37. The van der Waals surface area contributed by atoms with Crippen LogP contribution in [0, 0.1) is 0 Å². The second-order valence-corrected chi connectivity index (χ2v) is 6.94. The summed E-state index contributed by atoms with van der Waals surface area (Å²) in [5.41, 5.74) is 2.38. The first-order chi connectivity index (χ1) is 9.61. The van der Waals surface area contributed by atoms with E-state index in [0.717, 1.165) is 23.0 Å². The molecular weight excluding hydrogens is 357 g/mol. The Bertz CT molecular complexity index is 606. The highest BCUT2D eigenvalue weighted by Crippen LogP contribution is 2.39. The van der Waals surface area contributed by atoms with Crippen molar-refractivity contribution in [1.29, 1.82) is 0 Å². The standard InChI is InChI=1S/C16H14BrCl2N/c17-12-3-1-10(2-4-12)11-7-14(8-11)20-16-6-5-13(18)9-15(16)19/h1-6,9,11,14,20H,7-8H2. The summed E-state index contributed by atoms with van der Waals surface area (Å²) in [7, 11) is 0. The summed E-state index contributed by atoms with van der Waals surface area (Å²) in [6.45, 7) is 0. The molecule has 0 unspecified atom stereocenters. The summed E-state index contributed by atoms with van der Waals surface area (Å²) in [4.78, 5) is 0. The molecule has 1 N–H and O–H groups in total. The topological polar surface area (TPSA) is 12.0 Å². The summed E-state index contributed by atoms with van der Waals surface area (Å²) >= 11 is 15.5. The maximum Gasteiger partial charge on any atom is 0.0652 e. The first-order valence-corrected chi connectivity index (χ1v) is 8.14. The van der Waals surface area contributed by atoms with E-state index in [0.29, 0.717) is 22.0 Å². The molecule has 0 aromatic heterocycles. The van der Waals surface area contributed by atoms with Gasteiger partial charge in [-0.3, -0.25) is 0 Å². The number of hydrogen-bond donors (Lipinski definition) is 1. The molecule has 20 heavy (non-hydrogen) atoms. The van der Waals surface area contributed by atoms with Crippen LogP contribution in [-0.4, -0.2) is 6.04 Å². The van der Waals surface area contributed by atoms with Crippen LogP contribution in [0.5, 0.6) is 0 Å². The number of hydrogen-bond acceptors (Lipinski definition) is 1. The second-order valence-electron chi connectivity index (χ2n) is 5.19. The Balaban J connectivity index is 1.59. The molecular formula is C16H14BrCl2N. The smallest absolute Gasteiger partial charge is 0.0652 e. The molecule has 1 aliphatic carbocycles. The third kappa shape index (κ3) is 3.13. The lowest BCUT2D eigenvalue weighted by molar-refractivity contribution is 0.374. The van der Waals surface area contributed by atoms with Crippen molar-refractivity contribution >= 4 is 44.8 Å². The largest absolute Gasteiger partial charge is 0.381 e. The van der Waals surface area contributed by atoms with E-state index in [2.05, 4.69) is 45.5 Å². The van der Waals surface area contributed by atoms with Crippen LogP contribution in [0.2, 0.25) is 10.0 Å². The minimum absolute atomic E-state index is 0.488. The van der Waals surface area contributed by atoms with Crippen LogP contribution in [-0.2, 0) is 0 Å². The van der Waals surface area contributed by atoms with Crippen LogP contribution < -0.4 is 5.32 Å². The second kappa shape index (κ2) is 5.97. The fourth-order valence-corrected chi connectivity index (χ4v) is 3.30. The van der Waals surface area contributed by atoms with Crippen LogP contribution in [0.3, 0.4) is 0 Å². The lowest BCUT2D eigenvalue weighted by atomic mass is 9.76. The fraction of sp³-hybridized carbons (Fsp3) is 0.250. The minimum Gasteiger partial charge on any atom is -0.381 e. The van der Waals surface area contributed by atoms with Gasteiger partial charge in [0.1, 0.15) is 0 Å². The number of nitrogens with one attached hydrogen (secondary N) is 1. The van der Waals surface area contributed by atoms with Gasteiger partial charge in [0.05, 0.1) is 10.7 Å². The third-order valence-corrected chi connectivity index (χ3v) is 4.85. The van der Waals surface area contributed by atoms with Crippen molar-refractivity contribution in [2.24, 2.45) is 0 Å². The highest BCUT2D eigenvalue weighted by molar-refractivity contribution is 9.10. The van der Waals surface area contributed by atoms with Gasteiger partial charge in [0.15, 0.2) is 0 Å². The van der Waals surface area contributed by atoms with Crippen LogP contribution in [0.4, 0.5) is 5.69 Å². The summed E-state index contributed by atoms with van der Waals surface area (Å²) in [6, 6.07) is 14.7. The fourth-order valence-electron chi connectivity index (χ4n) is 2.57. The van der Waals surface area contributed by atoms with Gasteiger partial charge in [0, 0.05) is 15.5 Å². The molecule has 1 saturated carbocycles. The Hall–Kier alpha value is -0.700. The van der Waals surface area contributed by atoms with E-state index in [9.17, 15) is 0 Å². The van der Waals surface area contributed by atoms with E-state index in [1.54, 1.807) is 6.07 Å². The van der Waals surface area contributed by atoms with Gasteiger partial charge in [0.2, 0.25) is 0 Å². The molecule has 0 saturated heterocycles. The number of halogens is 3. The molecule has 2 aromatic carbocycles. The number of rotatable bonds is 3. The van der Waals surface area contributed by atoms with Gasteiger partial charge in [-0.1, -0.05) is 51.3 Å². The number of benzene rings is 2. The molecule has 1 nitrogen and oxygen atoms in total. The molecule has 104 valence electrons. The molecule has 0 spiro atoms. The molecule has 0 aliphatic heterocycles. The molecule has 0 radical (unpaired) electrons. The molecule has 0 heterocycles. The normalized spacial score (nSPS) is 21.4. The molecule has 0 amide bonds. The van der Waals surface area contributed by atoms with Crippen molar-refractivity contribution < 1.29 is 0 Å². The van der Waals surface area contributed by atoms with Crippen molar-refractivity contribution in [3.05, 3.63) is 62.5 Å². The summed E-state index contributed by atoms with van der Waals surface area (Å²) in [6.07, 6.45) is 2.28. The van der Waals surface area contributed by atoms with E-state index in [-0.39, 0.29) is 0 Å². The van der Waals surface area contributed by atoms with Crippen LogP contribution >= 0.6 is 39.1 Å². The van der Waals surface area contributed by atoms with Gasteiger partial charge in [-0.25, -0.2) is 0 Å². The molecule has 4 heteroatoms. The van der Waals surface area contributed by atoms with Gasteiger partial charge in [0.25, 0.3) is 0 Å². The van der Waals surface area contributed by atoms with Crippen molar-refractivity contribution in [3.8, 4) is 0 Å². The summed E-state index contributed by atoms with van der Waals surface area (Å²) in [5.74, 6) is 0.645. The Labute approximate surface area is 137 Å². The monoisotopic (exact) mass is 369 g/mol. The van der Waals surface area contributed by atoms with Gasteiger partial charge in [-0.05, 0) is 54.7 Å². The van der Waals surface area contributed by atoms with Crippen LogP contribution in [0.15, 0.2) is 46.9 Å². The maximum absolute atomic E-state index is 6.17. The Morgan fingerprint density at radius 3 is 2.35 bits per heavy atom. The van der Waals surface area contributed by atoms with E-state index < -0.39 is 0 Å². The zero-order valence-corrected chi connectivity index (χ0v) is 13.8. The Morgan fingerprint density at radius 1 is 1.00 bits per heavy atom. The van der Waals surface area contributed by atoms with Gasteiger partial charge >= 0.3 is 0 Å². The van der Waals surface area contributed by atoms with Crippen molar-refractivity contribution in [3.63, 3.8) is 0 Å². The first kappa shape index (κ1) is 14.2. The van der Waals surface area contributed by atoms with Gasteiger partial charge in [-0.15, -0.1) is 0 Å². The maximum atomic E-state index is 6.17. The average molecular weight is 371 g/mol. The lowest BCUT2D eigenvalue weighted by Gasteiger charge is -2.37. The van der Waals surface area contributed by atoms with Gasteiger partial charge < -0.3 is 5.32 Å². The van der Waals surface area contributed by atoms with Crippen LogP contribution in [0.25, 0.3) is 0 Å². The van der Waals surface area contributed by atoms with E-state index in [1.807, 2.05) is 12.1 Å². The van der Waals surface area contributed by atoms with Crippen LogP contribution in [0.1, 0.15) is 24.3 Å². The van der Waals surface area contributed by atoms with E-state index in [4.69, 9.17) is 23.2 Å². The first-order valence-electron chi connectivity index (χ1n) is 6.59. The molecule has 0 bridgehead atoms. The van der Waals surface area contributed by atoms with Crippen molar-refractivity contribution in [2.75, 3.05) is 5.32 Å².